The lowest BCUT2D eigenvalue weighted by Crippen LogP contribution is -2.36. The van der Waals surface area contributed by atoms with Crippen LogP contribution in [0.1, 0.15) is 0 Å². The molecule has 0 aliphatic rings. The Kier molecular flexibility index (Phi) is 6.86. The van der Waals surface area contributed by atoms with Crippen molar-refractivity contribution in [3.63, 3.8) is 0 Å². The zero-order chi connectivity index (χ0) is 17.2. The van der Waals surface area contributed by atoms with Gasteiger partial charge in [-0.1, -0.05) is 67.3 Å². The van der Waals surface area contributed by atoms with Gasteiger partial charge in [-0.3, -0.25) is 0 Å². The number of rotatable bonds is 7. The lowest BCUT2D eigenvalue weighted by atomic mass is 9.79. The highest BCUT2D eigenvalue weighted by atomic mass is 16.6. The molecular weight excluding hydrogens is 303 g/mol. The van der Waals surface area contributed by atoms with Crippen molar-refractivity contribution < 1.29 is 18.8 Å². The van der Waals surface area contributed by atoms with Crippen molar-refractivity contribution in [2.24, 2.45) is 0 Å². The number of esters is 1. The van der Waals surface area contributed by atoms with Crippen molar-refractivity contribution >= 4 is 31.4 Å². The summed E-state index contributed by atoms with van der Waals surface area (Å²) in [6.07, 6.45) is 4.53. The summed E-state index contributed by atoms with van der Waals surface area (Å²) >= 11 is 0. The Morgan fingerprint density at radius 1 is 1.12 bits per heavy atom. The Bertz CT molecular complexity index is 787. The normalized spacial score (nSPS) is 11.5. The number of methoxy groups -OCH3 is 1. The summed E-state index contributed by atoms with van der Waals surface area (Å²) in [7, 11) is 0.738. The smallest absolute Gasteiger partial charge is 0.538 e. The van der Waals surface area contributed by atoms with Crippen LogP contribution in [0.15, 0.2) is 66.7 Å². The topological polar surface area (TPSA) is 44.8 Å². The monoisotopic (exact) mass is 322 g/mol. The number of carbonyl (C=O) groups excluding carboxylic acids is 1. The van der Waals surface area contributed by atoms with Crippen LogP contribution in [0, 0.1) is 0 Å². The molecule has 2 aromatic carbocycles. The first-order valence-corrected chi connectivity index (χ1v) is 7.51. The van der Waals surface area contributed by atoms with Crippen LogP contribution < -0.4 is 15.9 Å². The number of ether oxygens (including phenoxy) is 1. The molecule has 24 heavy (non-hydrogen) atoms. The molecule has 122 valence electrons. The third-order valence-electron chi connectivity index (χ3n) is 3.24. The lowest BCUT2D eigenvalue weighted by Gasteiger charge is -2.12. The summed E-state index contributed by atoms with van der Waals surface area (Å²) in [5.41, 5.74) is 0.877. The molecule has 0 aliphatic heterocycles. The zero-order valence-electron chi connectivity index (χ0n) is 13.6. The van der Waals surface area contributed by atoms with E-state index in [0.717, 1.165) is 15.9 Å². The minimum absolute atomic E-state index is 0.217. The predicted octanol–water partition coefficient (Wildman–Crippen LogP) is 0.993. The third kappa shape index (κ3) is 5.45. The molecule has 0 atom stereocenters. The fourth-order valence-corrected chi connectivity index (χ4v) is 1.96. The third-order valence-corrected chi connectivity index (χ3v) is 3.24. The molecule has 0 amide bonds. The average molecular weight is 322 g/mol. The number of benzene rings is 2. The van der Waals surface area contributed by atoms with Crippen molar-refractivity contribution in [3.05, 3.63) is 77.2 Å². The van der Waals surface area contributed by atoms with E-state index in [9.17, 15) is 4.79 Å². The van der Waals surface area contributed by atoms with Crippen LogP contribution in [0.3, 0.4) is 0 Å². The molecule has 0 spiro atoms. The van der Waals surface area contributed by atoms with Crippen molar-refractivity contribution in [2.75, 3.05) is 13.7 Å². The molecule has 0 radical (unpaired) electrons. The van der Waals surface area contributed by atoms with Crippen LogP contribution in [-0.2, 0) is 18.8 Å². The van der Waals surface area contributed by atoms with Gasteiger partial charge in [0.1, 0.15) is 0 Å². The summed E-state index contributed by atoms with van der Waals surface area (Å²) in [5, 5.41) is 1.75. The van der Waals surface area contributed by atoms with E-state index in [1.807, 2.05) is 54.6 Å². The molecule has 0 saturated heterocycles. The van der Waals surface area contributed by atoms with Gasteiger partial charge in [-0.25, -0.2) is 4.79 Å². The second-order valence-corrected chi connectivity index (χ2v) is 4.95. The number of hydrogen-bond acceptors (Lipinski definition) is 4. The van der Waals surface area contributed by atoms with E-state index < -0.39 is 13.1 Å². The summed E-state index contributed by atoms with van der Waals surface area (Å²) in [6.45, 7) is 4.18. The van der Waals surface area contributed by atoms with Crippen LogP contribution in [-0.4, -0.2) is 26.8 Å². The molecule has 0 fully saturated rings. The summed E-state index contributed by atoms with van der Waals surface area (Å²) < 4.78 is 16.0. The van der Waals surface area contributed by atoms with Crippen LogP contribution in [0.5, 0.6) is 0 Å². The summed E-state index contributed by atoms with van der Waals surface area (Å²) in [5.74, 6) is -0.423. The summed E-state index contributed by atoms with van der Waals surface area (Å²) in [4.78, 5) is 11.1. The molecule has 0 N–H and O–H groups in total. The molecule has 0 saturated carbocycles. The minimum atomic E-state index is -0.590. The van der Waals surface area contributed by atoms with Gasteiger partial charge >= 0.3 is 13.1 Å². The van der Waals surface area contributed by atoms with E-state index in [1.165, 1.54) is 13.2 Å². The van der Waals surface area contributed by atoms with Gasteiger partial charge in [0.05, 0.1) is 20.0 Å². The predicted molar refractivity (Wildman–Crippen MR) is 95.7 cm³/mol. The van der Waals surface area contributed by atoms with Gasteiger partial charge in [-0.05, 0) is 10.7 Å². The van der Waals surface area contributed by atoms with Crippen molar-refractivity contribution in [3.8, 4) is 0 Å². The molecule has 0 unspecified atom stereocenters. The Labute approximate surface area is 141 Å². The SMILES string of the molecule is C=c1cccc/c1=C\OB(OC/C=C/C(=O)OC)c1ccccc1. The lowest BCUT2D eigenvalue weighted by molar-refractivity contribution is -0.134. The van der Waals surface area contributed by atoms with Gasteiger partial charge in [-0.15, -0.1) is 0 Å². The van der Waals surface area contributed by atoms with Crippen LogP contribution >= 0.6 is 0 Å². The number of carbonyl (C=O) groups is 1. The Balaban J connectivity index is 2.11. The van der Waals surface area contributed by atoms with Gasteiger partial charge in [0.25, 0.3) is 0 Å². The Morgan fingerprint density at radius 3 is 2.54 bits per heavy atom. The highest BCUT2D eigenvalue weighted by molar-refractivity contribution is 6.61. The maximum Gasteiger partial charge on any atom is 0.562 e. The van der Waals surface area contributed by atoms with E-state index >= 15 is 0 Å². The van der Waals surface area contributed by atoms with Gasteiger partial charge in [0.2, 0.25) is 0 Å². The molecule has 2 aromatic rings. The molecule has 4 nitrogen and oxygen atoms in total. The maximum atomic E-state index is 11.1. The molecular formula is C19H19BO4. The van der Waals surface area contributed by atoms with Gasteiger partial charge in [0.15, 0.2) is 0 Å². The van der Waals surface area contributed by atoms with E-state index in [1.54, 1.807) is 12.3 Å². The largest absolute Gasteiger partial charge is 0.562 e. The van der Waals surface area contributed by atoms with E-state index in [-0.39, 0.29) is 6.61 Å². The van der Waals surface area contributed by atoms with E-state index in [2.05, 4.69) is 11.3 Å². The first-order valence-electron chi connectivity index (χ1n) is 7.51. The van der Waals surface area contributed by atoms with E-state index in [0.29, 0.717) is 0 Å². The molecule has 0 heterocycles. The first kappa shape index (κ1) is 17.6. The molecule has 2 rings (SSSR count). The molecule has 0 aromatic heterocycles. The van der Waals surface area contributed by atoms with Crippen LogP contribution in [0.2, 0.25) is 0 Å². The average Bonchev–Trinajstić information content (AvgIpc) is 2.62. The second kappa shape index (κ2) is 9.38. The van der Waals surface area contributed by atoms with Gasteiger partial charge < -0.3 is 14.0 Å². The molecule has 5 heteroatoms. The van der Waals surface area contributed by atoms with E-state index in [4.69, 9.17) is 9.31 Å². The van der Waals surface area contributed by atoms with Gasteiger partial charge in [-0.2, -0.15) is 0 Å². The summed E-state index contributed by atoms with van der Waals surface area (Å²) in [6, 6.07) is 17.2. The Morgan fingerprint density at radius 2 is 1.83 bits per heavy atom. The van der Waals surface area contributed by atoms with Crippen molar-refractivity contribution in [2.45, 2.75) is 0 Å². The second-order valence-electron chi connectivity index (χ2n) is 4.95. The zero-order valence-corrected chi connectivity index (χ0v) is 13.6. The fraction of sp³-hybridized carbons (Fsp3) is 0.105. The fourth-order valence-electron chi connectivity index (χ4n) is 1.96. The van der Waals surface area contributed by atoms with Crippen LogP contribution in [0.4, 0.5) is 0 Å². The van der Waals surface area contributed by atoms with Gasteiger partial charge in [0, 0.05) is 11.3 Å². The Hall–Kier alpha value is -2.79. The highest BCUT2D eigenvalue weighted by Crippen LogP contribution is 1.95. The first-order chi connectivity index (χ1) is 11.7. The van der Waals surface area contributed by atoms with Crippen molar-refractivity contribution in [1.82, 2.24) is 0 Å². The number of hydrogen-bond donors (Lipinski definition) is 0. The highest BCUT2D eigenvalue weighted by Gasteiger charge is 2.21. The standard InChI is InChI=1S/C19H19BO4/c1-16-9-6-7-10-17(16)15-24-20(18-11-4-3-5-12-18)23-14-8-13-19(21)22-2/h3-13,15H,1,14H2,2H3/b13-8+,17-15+. The quantitative estimate of drug-likeness (QED) is 0.433. The molecule has 0 bridgehead atoms. The van der Waals surface area contributed by atoms with Crippen LogP contribution in [0.25, 0.3) is 12.8 Å². The molecule has 0 aliphatic carbocycles. The maximum absolute atomic E-state index is 11.1. The minimum Gasteiger partial charge on any atom is -0.538 e. The van der Waals surface area contributed by atoms with Crippen molar-refractivity contribution in [1.29, 1.82) is 0 Å².